The van der Waals surface area contributed by atoms with Crippen LogP contribution in [-0.2, 0) is 23.2 Å². The topological polar surface area (TPSA) is 61.8 Å². The van der Waals surface area contributed by atoms with Crippen molar-refractivity contribution in [3.05, 3.63) is 53.1 Å². The molecule has 0 heterocycles. The van der Waals surface area contributed by atoms with Crippen LogP contribution >= 0.6 is 0 Å². The molecule has 8 heteroatoms. The summed E-state index contributed by atoms with van der Waals surface area (Å²) in [5, 5.41) is 0.354. The van der Waals surface area contributed by atoms with Gasteiger partial charge in [0.05, 0.1) is 23.7 Å². The number of allylic oxidation sites excluding steroid dienone is 3. The van der Waals surface area contributed by atoms with E-state index in [1.807, 2.05) is 19.1 Å². The molecule has 3 aliphatic carbocycles. The second-order valence-corrected chi connectivity index (χ2v) is 30.3. The third kappa shape index (κ3) is 9.69. The van der Waals surface area contributed by atoms with Crippen LogP contribution in [0.3, 0.4) is 0 Å². The average molecular weight is 731 g/mol. The van der Waals surface area contributed by atoms with Gasteiger partial charge in [-0.25, -0.2) is 0 Å². The van der Waals surface area contributed by atoms with Crippen molar-refractivity contribution in [2.45, 2.75) is 173 Å². The summed E-state index contributed by atoms with van der Waals surface area (Å²) in [4.78, 5) is 0.239. The van der Waals surface area contributed by atoms with Crippen LogP contribution in [0.25, 0.3) is 0 Å². The van der Waals surface area contributed by atoms with Gasteiger partial charge in [0, 0.05) is 0 Å². The molecule has 6 atom stereocenters. The van der Waals surface area contributed by atoms with Gasteiger partial charge in [0.2, 0.25) is 0 Å². The Hall–Kier alpha value is -1.04. The molecule has 3 aliphatic rings. The van der Waals surface area contributed by atoms with E-state index in [-0.39, 0.29) is 39.2 Å². The molecule has 3 saturated carbocycles. The summed E-state index contributed by atoms with van der Waals surface area (Å²) >= 11 is 0. The molecule has 0 amide bonds. The van der Waals surface area contributed by atoms with Crippen LogP contribution in [0, 0.1) is 30.1 Å². The Morgan fingerprint density at radius 3 is 1.98 bits per heavy atom. The van der Waals surface area contributed by atoms with Gasteiger partial charge >= 0.3 is 0 Å². The Kier molecular flexibility index (Phi) is 12.6. The molecule has 4 rings (SSSR count). The lowest BCUT2D eigenvalue weighted by Crippen LogP contribution is -2.48. The number of aryl methyl sites for hydroxylation is 1. The Labute approximate surface area is 303 Å². The van der Waals surface area contributed by atoms with Gasteiger partial charge in [0.25, 0.3) is 10.1 Å². The largest absolute Gasteiger partial charge is 0.414 e. The molecule has 49 heavy (non-hydrogen) atoms. The standard InChI is InChI=1S/C41H70O5SSi2/c1-30-16-20-36(21-17-30)47(42,43)44-26-24-31(2)37-22-23-38-33(15-14-25-41(37,38)9)19-18-32-27-34(45-48(10,11)39(3,4)5)29-35(28-32)46-49(12,13)40(6,7)8/h16-21,31,34-35,37-38H,14-15,22-29H2,1-13H3/b33-19+/t31-,34-,35-,37-,38+,41-/m1/s1. The molecule has 0 N–H and O–H groups in total. The fourth-order valence-corrected chi connectivity index (χ4v) is 12.0. The van der Waals surface area contributed by atoms with Crippen LogP contribution in [0.4, 0.5) is 0 Å². The van der Waals surface area contributed by atoms with Crippen molar-refractivity contribution in [1.29, 1.82) is 0 Å². The molecule has 5 nitrogen and oxygen atoms in total. The van der Waals surface area contributed by atoms with E-state index in [1.165, 1.54) is 37.7 Å². The van der Waals surface area contributed by atoms with Gasteiger partial charge in [-0.3, -0.25) is 4.18 Å². The number of hydrogen-bond acceptors (Lipinski definition) is 5. The normalized spacial score (nSPS) is 28.8. The SMILES string of the molecule is Cc1ccc(S(=O)(=O)OCC[C@@H](C)[C@H]2CC[C@H]3/C(=C/C=C4C[C@@H](O[Si](C)(C)C(C)(C)C)C[C@H](O[Si](C)(C)C(C)(C)C)C4)CCC[C@]23C)cc1. The number of hydrogen-bond donors (Lipinski definition) is 0. The minimum atomic E-state index is -3.73. The molecule has 0 aliphatic heterocycles. The maximum absolute atomic E-state index is 12.8. The molecular weight excluding hydrogens is 661 g/mol. The highest BCUT2D eigenvalue weighted by Gasteiger charge is 2.50. The lowest BCUT2D eigenvalue weighted by molar-refractivity contribution is 0.0725. The Bertz CT molecular complexity index is 1410. The highest BCUT2D eigenvalue weighted by atomic mass is 32.2. The monoisotopic (exact) mass is 730 g/mol. The first-order chi connectivity index (χ1) is 22.5. The van der Waals surface area contributed by atoms with Crippen molar-refractivity contribution in [3.8, 4) is 0 Å². The van der Waals surface area contributed by atoms with Gasteiger partial charge in [-0.05, 0) is 136 Å². The summed E-state index contributed by atoms with van der Waals surface area (Å²) < 4.78 is 45.3. The van der Waals surface area contributed by atoms with Crippen molar-refractivity contribution >= 4 is 26.8 Å². The molecule has 1 aromatic carbocycles. The Morgan fingerprint density at radius 1 is 0.898 bits per heavy atom. The van der Waals surface area contributed by atoms with E-state index in [1.54, 1.807) is 17.7 Å². The predicted octanol–water partition coefficient (Wildman–Crippen LogP) is 11.8. The Morgan fingerprint density at radius 2 is 1.45 bits per heavy atom. The first-order valence-electron chi connectivity index (χ1n) is 19.2. The van der Waals surface area contributed by atoms with E-state index in [4.69, 9.17) is 13.0 Å². The van der Waals surface area contributed by atoms with E-state index in [0.717, 1.165) is 31.2 Å². The minimum absolute atomic E-state index is 0.177. The quantitative estimate of drug-likeness (QED) is 0.168. The van der Waals surface area contributed by atoms with E-state index in [9.17, 15) is 8.42 Å². The number of benzene rings is 1. The maximum Gasteiger partial charge on any atom is 0.296 e. The van der Waals surface area contributed by atoms with Crippen LogP contribution in [-0.4, -0.2) is 43.9 Å². The maximum atomic E-state index is 12.8. The van der Waals surface area contributed by atoms with Crippen LogP contribution < -0.4 is 0 Å². The highest BCUT2D eigenvalue weighted by molar-refractivity contribution is 7.86. The third-order valence-corrected chi connectivity index (χ3v) is 23.8. The molecule has 0 spiro atoms. The van der Waals surface area contributed by atoms with E-state index in [0.29, 0.717) is 17.8 Å². The summed E-state index contributed by atoms with van der Waals surface area (Å²) in [6.07, 6.45) is 15.2. The van der Waals surface area contributed by atoms with Crippen LogP contribution in [0.5, 0.6) is 0 Å². The van der Waals surface area contributed by atoms with Gasteiger partial charge in [-0.2, -0.15) is 8.42 Å². The second kappa shape index (κ2) is 15.1. The van der Waals surface area contributed by atoms with Gasteiger partial charge in [-0.1, -0.05) is 96.4 Å². The summed E-state index contributed by atoms with van der Waals surface area (Å²) in [6.45, 7) is 30.6. The second-order valence-electron chi connectivity index (χ2n) is 19.2. The molecule has 1 aromatic rings. The zero-order valence-corrected chi connectivity index (χ0v) is 36.2. The summed E-state index contributed by atoms with van der Waals surface area (Å²) in [6, 6.07) is 6.91. The van der Waals surface area contributed by atoms with E-state index in [2.05, 4.69) is 93.7 Å². The number of rotatable bonds is 11. The van der Waals surface area contributed by atoms with Crippen molar-refractivity contribution in [2.24, 2.45) is 23.2 Å². The average Bonchev–Trinajstić information content (AvgIpc) is 3.32. The third-order valence-electron chi connectivity index (χ3n) is 13.4. The zero-order valence-electron chi connectivity index (χ0n) is 33.4. The van der Waals surface area contributed by atoms with Crippen molar-refractivity contribution in [2.75, 3.05) is 6.61 Å². The lowest BCUT2D eigenvalue weighted by atomic mass is 9.61. The zero-order chi connectivity index (χ0) is 36.6. The predicted molar refractivity (Wildman–Crippen MR) is 210 cm³/mol. The van der Waals surface area contributed by atoms with E-state index >= 15 is 0 Å². The first-order valence-corrected chi connectivity index (χ1v) is 26.4. The van der Waals surface area contributed by atoms with Crippen LogP contribution in [0.15, 0.2) is 52.5 Å². The van der Waals surface area contributed by atoms with Gasteiger partial charge in [0.15, 0.2) is 16.6 Å². The molecule has 0 saturated heterocycles. The first kappa shape index (κ1) is 40.7. The van der Waals surface area contributed by atoms with Crippen molar-refractivity contribution < 1.29 is 21.5 Å². The van der Waals surface area contributed by atoms with Crippen molar-refractivity contribution in [1.82, 2.24) is 0 Å². The molecular formula is C41H70O5SSi2. The molecule has 0 radical (unpaired) electrons. The molecule has 278 valence electrons. The van der Waals surface area contributed by atoms with Gasteiger partial charge < -0.3 is 8.85 Å². The summed E-state index contributed by atoms with van der Waals surface area (Å²) in [5.41, 5.74) is 4.37. The lowest BCUT2D eigenvalue weighted by Gasteiger charge is -2.45. The Balaban J connectivity index is 1.47. The molecule has 0 aromatic heterocycles. The number of fused-ring (bicyclic) bond motifs is 1. The van der Waals surface area contributed by atoms with Crippen molar-refractivity contribution in [3.63, 3.8) is 0 Å². The smallest absolute Gasteiger partial charge is 0.296 e. The fraction of sp³-hybridized carbons (Fsp3) is 0.756. The molecule has 0 bridgehead atoms. The molecule has 3 fully saturated rings. The summed E-state index contributed by atoms with van der Waals surface area (Å²) in [7, 11) is -7.57. The van der Waals surface area contributed by atoms with Crippen LogP contribution in [0.1, 0.15) is 119 Å². The minimum Gasteiger partial charge on any atom is -0.414 e. The van der Waals surface area contributed by atoms with Gasteiger partial charge in [-0.15, -0.1) is 0 Å². The summed E-state index contributed by atoms with van der Waals surface area (Å²) in [5.74, 6) is 1.56. The van der Waals surface area contributed by atoms with Gasteiger partial charge in [0.1, 0.15) is 0 Å². The molecule has 0 unspecified atom stereocenters. The fourth-order valence-electron chi connectivity index (χ4n) is 8.39. The van der Waals surface area contributed by atoms with E-state index < -0.39 is 26.8 Å². The van der Waals surface area contributed by atoms with Crippen LogP contribution in [0.2, 0.25) is 36.3 Å². The highest BCUT2D eigenvalue weighted by Crippen LogP contribution is 2.60.